The second-order valence-corrected chi connectivity index (χ2v) is 3.41. The first-order valence-corrected chi connectivity index (χ1v) is 5.29. The molecule has 0 heterocycles. The summed E-state index contributed by atoms with van der Waals surface area (Å²) in [5.74, 6) is 1.70. The molecule has 1 atom stereocenters. The highest BCUT2D eigenvalue weighted by atomic mass is 16.5. The van der Waals surface area contributed by atoms with Crippen LogP contribution in [0.5, 0.6) is 11.5 Å². The summed E-state index contributed by atoms with van der Waals surface area (Å²) in [6, 6.07) is 8.06. The number of hydrogen-bond acceptors (Lipinski definition) is 3. The van der Waals surface area contributed by atoms with Crippen molar-refractivity contribution in [1.82, 2.24) is 5.32 Å². The van der Waals surface area contributed by atoms with Crippen LogP contribution in [0, 0.1) is 0 Å². The molecule has 0 spiro atoms. The third kappa shape index (κ3) is 4.21. The summed E-state index contributed by atoms with van der Waals surface area (Å²) in [4.78, 5) is 0. The average Bonchev–Trinajstić information content (AvgIpc) is 2.27. The fourth-order valence-corrected chi connectivity index (χ4v) is 1.13. The first kappa shape index (κ1) is 11.9. The highest BCUT2D eigenvalue weighted by Crippen LogP contribution is 2.19. The molecule has 1 unspecified atom stereocenters. The van der Waals surface area contributed by atoms with Gasteiger partial charge in [-0.05, 0) is 33.0 Å². The quantitative estimate of drug-likeness (QED) is 0.778. The van der Waals surface area contributed by atoms with E-state index < -0.39 is 0 Å². The van der Waals surface area contributed by atoms with E-state index in [4.69, 9.17) is 9.47 Å². The van der Waals surface area contributed by atoms with Crippen molar-refractivity contribution >= 4 is 0 Å². The van der Waals surface area contributed by atoms with E-state index in [9.17, 15) is 0 Å². The number of ether oxygens (including phenoxy) is 2. The standard InChI is InChI=1S/C12H19NO2/c1-4-14-11-6-5-7-12(8-11)15-9-10(2)13-3/h5-8,10,13H,4,9H2,1-3H3. The predicted molar refractivity (Wildman–Crippen MR) is 61.6 cm³/mol. The van der Waals surface area contributed by atoms with Gasteiger partial charge in [-0.15, -0.1) is 0 Å². The highest BCUT2D eigenvalue weighted by molar-refractivity contribution is 5.32. The minimum Gasteiger partial charge on any atom is -0.494 e. The molecule has 0 amide bonds. The molecule has 0 aliphatic rings. The van der Waals surface area contributed by atoms with Crippen LogP contribution in [-0.2, 0) is 0 Å². The first-order valence-electron chi connectivity index (χ1n) is 5.29. The fraction of sp³-hybridized carbons (Fsp3) is 0.500. The van der Waals surface area contributed by atoms with Gasteiger partial charge in [-0.2, -0.15) is 0 Å². The Labute approximate surface area is 91.4 Å². The molecular formula is C12H19NO2. The predicted octanol–water partition coefficient (Wildman–Crippen LogP) is 2.07. The van der Waals surface area contributed by atoms with Gasteiger partial charge in [-0.3, -0.25) is 0 Å². The zero-order chi connectivity index (χ0) is 11.1. The van der Waals surface area contributed by atoms with Crippen molar-refractivity contribution in [2.75, 3.05) is 20.3 Å². The average molecular weight is 209 g/mol. The van der Waals surface area contributed by atoms with Crippen LogP contribution >= 0.6 is 0 Å². The Morgan fingerprint density at radius 2 is 1.93 bits per heavy atom. The smallest absolute Gasteiger partial charge is 0.123 e. The molecule has 1 rings (SSSR count). The Morgan fingerprint density at radius 3 is 2.53 bits per heavy atom. The molecule has 0 saturated carbocycles. The van der Waals surface area contributed by atoms with Crippen LogP contribution < -0.4 is 14.8 Å². The van der Waals surface area contributed by atoms with E-state index in [1.54, 1.807) is 0 Å². The van der Waals surface area contributed by atoms with E-state index in [0.29, 0.717) is 19.3 Å². The molecule has 0 saturated heterocycles. The Balaban J connectivity index is 2.50. The van der Waals surface area contributed by atoms with E-state index in [0.717, 1.165) is 11.5 Å². The summed E-state index contributed by atoms with van der Waals surface area (Å²) in [6.45, 7) is 5.38. The summed E-state index contributed by atoms with van der Waals surface area (Å²) in [6.07, 6.45) is 0. The van der Waals surface area contributed by atoms with Crippen molar-refractivity contribution < 1.29 is 9.47 Å². The van der Waals surface area contributed by atoms with Crippen LogP contribution in [0.15, 0.2) is 24.3 Å². The SMILES string of the molecule is CCOc1cccc(OCC(C)NC)c1. The summed E-state index contributed by atoms with van der Waals surface area (Å²) in [7, 11) is 1.92. The van der Waals surface area contributed by atoms with E-state index in [2.05, 4.69) is 12.2 Å². The Kier molecular flexibility index (Phi) is 4.98. The fourth-order valence-electron chi connectivity index (χ4n) is 1.13. The van der Waals surface area contributed by atoms with Crippen molar-refractivity contribution in [2.24, 2.45) is 0 Å². The van der Waals surface area contributed by atoms with Crippen LogP contribution in [-0.4, -0.2) is 26.3 Å². The Morgan fingerprint density at radius 1 is 1.27 bits per heavy atom. The normalized spacial score (nSPS) is 12.2. The molecule has 3 heteroatoms. The Hall–Kier alpha value is -1.22. The highest BCUT2D eigenvalue weighted by Gasteiger charge is 2.00. The zero-order valence-electron chi connectivity index (χ0n) is 9.62. The van der Waals surface area contributed by atoms with Gasteiger partial charge in [0.05, 0.1) is 6.61 Å². The van der Waals surface area contributed by atoms with Gasteiger partial charge < -0.3 is 14.8 Å². The lowest BCUT2D eigenvalue weighted by Crippen LogP contribution is -2.28. The molecule has 0 aromatic heterocycles. The molecule has 15 heavy (non-hydrogen) atoms. The molecule has 0 aliphatic heterocycles. The lowest BCUT2D eigenvalue weighted by Gasteiger charge is -2.12. The van der Waals surface area contributed by atoms with Crippen LogP contribution in [0.2, 0.25) is 0 Å². The summed E-state index contributed by atoms with van der Waals surface area (Å²) < 4.78 is 11.0. The van der Waals surface area contributed by atoms with Gasteiger partial charge in [0.25, 0.3) is 0 Å². The second kappa shape index (κ2) is 6.30. The lowest BCUT2D eigenvalue weighted by atomic mass is 10.3. The summed E-state index contributed by atoms with van der Waals surface area (Å²) in [5, 5.41) is 3.12. The molecule has 0 aliphatic carbocycles. The van der Waals surface area contributed by atoms with Crippen molar-refractivity contribution in [3.63, 3.8) is 0 Å². The van der Waals surface area contributed by atoms with Crippen molar-refractivity contribution in [3.8, 4) is 11.5 Å². The minimum absolute atomic E-state index is 0.348. The van der Waals surface area contributed by atoms with E-state index in [1.165, 1.54) is 0 Å². The topological polar surface area (TPSA) is 30.5 Å². The van der Waals surface area contributed by atoms with E-state index in [1.807, 2.05) is 38.2 Å². The van der Waals surface area contributed by atoms with Gasteiger partial charge in [0.2, 0.25) is 0 Å². The maximum absolute atomic E-state index is 5.60. The molecular weight excluding hydrogens is 190 g/mol. The molecule has 1 aromatic carbocycles. The second-order valence-electron chi connectivity index (χ2n) is 3.41. The molecule has 0 fully saturated rings. The minimum atomic E-state index is 0.348. The van der Waals surface area contributed by atoms with Gasteiger partial charge >= 0.3 is 0 Å². The zero-order valence-corrected chi connectivity index (χ0v) is 9.62. The van der Waals surface area contributed by atoms with E-state index >= 15 is 0 Å². The number of rotatable bonds is 6. The number of hydrogen-bond donors (Lipinski definition) is 1. The molecule has 1 N–H and O–H groups in total. The third-order valence-electron chi connectivity index (χ3n) is 2.11. The number of benzene rings is 1. The monoisotopic (exact) mass is 209 g/mol. The number of likely N-dealkylation sites (N-methyl/N-ethyl adjacent to an activating group) is 1. The van der Waals surface area contributed by atoms with Gasteiger partial charge in [0.1, 0.15) is 18.1 Å². The third-order valence-corrected chi connectivity index (χ3v) is 2.11. The van der Waals surface area contributed by atoms with Crippen molar-refractivity contribution in [3.05, 3.63) is 24.3 Å². The molecule has 0 radical (unpaired) electrons. The van der Waals surface area contributed by atoms with E-state index in [-0.39, 0.29) is 0 Å². The van der Waals surface area contributed by atoms with Gasteiger partial charge in [-0.1, -0.05) is 6.07 Å². The number of nitrogens with one attached hydrogen (secondary N) is 1. The lowest BCUT2D eigenvalue weighted by molar-refractivity contribution is 0.276. The Bertz CT molecular complexity index is 289. The summed E-state index contributed by atoms with van der Waals surface area (Å²) >= 11 is 0. The van der Waals surface area contributed by atoms with Gasteiger partial charge in [0, 0.05) is 12.1 Å². The van der Waals surface area contributed by atoms with Crippen LogP contribution in [0.3, 0.4) is 0 Å². The summed E-state index contributed by atoms with van der Waals surface area (Å²) in [5.41, 5.74) is 0. The molecule has 1 aromatic rings. The molecule has 84 valence electrons. The maximum atomic E-state index is 5.60. The van der Waals surface area contributed by atoms with Crippen molar-refractivity contribution in [1.29, 1.82) is 0 Å². The van der Waals surface area contributed by atoms with Crippen LogP contribution in [0.1, 0.15) is 13.8 Å². The first-order chi connectivity index (χ1) is 7.26. The molecule has 3 nitrogen and oxygen atoms in total. The van der Waals surface area contributed by atoms with Crippen molar-refractivity contribution in [2.45, 2.75) is 19.9 Å². The van der Waals surface area contributed by atoms with Crippen LogP contribution in [0.25, 0.3) is 0 Å². The van der Waals surface area contributed by atoms with Crippen LogP contribution in [0.4, 0.5) is 0 Å². The van der Waals surface area contributed by atoms with Gasteiger partial charge in [0.15, 0.2) is 0 Å². The van der Waals surface area contributed by atoms with Gasteiger partial charge in [-0.25, -0.2) is 0 Å². The maximum Gasteiger partial charge on any atom is 0.123 e. The largest absolute Gasteiger partial charge is 0.494 e. The molecule has 0 bridgehead atoms.